The predicted molar refractivity (Wildman–Crippen MR) is 131 cm³/mol. The summed E-state index contributed by atoms with van der Waals surface area (Å²) in [7, 11) is 0. The van der Waals surface area contributed by atoms with Gasteiger partial charge >= 0.3 is 6.09 Å². The number of ether oxygens (including phenoxy) is 1. The highest BCUT2D eigenvalue weighted by atomic mass is 16.6. The molecule has 0 saturated heterocycles. The fraction of sp³-hybridized carbons (Fsp3) is 0.520. The van der Waals surface area contributed by atoms with Crippen molar-refractivity contribution in [3.8, 4) is 0 Å². The van der Waals surface area contributed by atoms with E-state index in [0.29, 0.717) is 5.56 Å². The van der Waals surface area contributed by atoms with Gasteiger partial charge in [-0.1, -0.05) is 35.9 Å². The summed E-state index contributed by atoms with van der Waals surface area (Å²) in [5.74, 6) is -1.55. The molecule has 0 aliphatic heterocycles. The second-order valence-electron chi connectivity index (χ2n) is 9.46. The third-order valence-corrected chi connectivity index (χ3v) is 4.63. The first-order chi connectivity index (χ1) is 15.7. The maximum Gasteiger partial charge on any atom is 0.408 e. The second kappa shape index (κ2) is 12.8. The predicted octanol–water partition coefficient (Wildman–Crippen LogP) is 2.73. The van der Waals surface area contributed by atoms with Gasteiger partial charge in [0.05, 0.1) is 0 Å². The lowest BCUT2D eigenvalue weighted by molar-refractivity contribution is -0.142. The molecule has 0 bridgehead atoms. The number of alkyl carbamates (subject to hydrolysis) is 1. The summed E-state index contributed by atoms with van der Waals surface area (Å²) in [5, 5.41) is 5.40. The van der Waals surface area contributed by atoms with Gasteiger partial charge in [-0.3, -0.25) is 14.4 Å². The van der Waals surface area contributed by atoms with Crippen LogP contribution >= 0.6 is 0 Å². The number of nitrogens with one attached hydrogen (secondary N) is 2. The number of amides is 4. The zero-order chi connectivity index (χ0) is 26.1. The van der Waals surface area contributed by atoms with Crippen LogP contribution in [0.1, 0.15) is 64.6 Å². The Balaban J connectivity index is 3.43. The number of carbonyl (C=O) groups excluding carboxylic acids is 4. The third kappa shape index (κ3) is 9.64. The van der Waals surface area contributed by atoms with Crippen LogP contribution in [-0.4, -0.2) is 52.9 Å². The molecule has 0 aromatic heterocycles. The average molecular weight is 475 g/mol. The quantitative estimate of drug-likeness (QED) is 0.425. The topological polar surface area (TPSA) is 131 Å². The molecule has 1 aromatic rings. The number of hydrogen-bond acceptors (Lipinski definition) is 5. The molecule has 9 heteroatoms. The molecule has 0 radical (unpaired) electrons. The highest BCUT2D eigenvalue weighted by Gasteiger charge is 2.36. The summed E-state index contributed by atoms with van der Waals surface area (Å²) < 4.78 is 5.29. The van der Waals surface area contributed by atoms with Crippen molar-refractivity contribution in [2.45, 2.75) is 78.1 Å². The monoisotopic (exact) mass is 474 g/mol. The van der Waals surface area contributed by atoms with Gasteiger partial charge in [-0.2, -0.15) is 0 Å². The minimum absolute atomic E-state index is 0.0338. The van der Waals surface area contributed by atoms with Gasteiger partial charge in [0, 0.05) is 19.0 Å². The van der Waals surface area contributed by atoms with Crippen molar-refractivity contribution in [3.05, 3.63) is 48.0 Å². The Bertz CT molecular complexity index is 892. The summed E-state index contributed by atoms with van der Waals surface area (Å²) in [4.78, 5) is 52.2. The molecule has 0 saturated carbocycles. The minimum atomic E-state index is -1.14. The van der Waals surface area contributed by atoms with Crippen LogP contribution in [0.5, 0.6) is 0 Å². The lowest BCUT2D eigenvalue weighted by Gasteiger charge is -2.34. The third-order valence-electron chi connectivity index (χ3n) is 4.63. The van der Waals surface area contributed by atoms with Crippen LogP contribution in [0.3, 0.4) is 0 Å². The zero-order valence-corrected chi connectivity index (χ0v) is 21.0. The number of carbonyl (C=O) groups is 4. The fourth-order valence-electron chi connectivity index (χ4n) is 3.33. The van der Waals surface area contributed by atoms with Crippen molar-refractivity contribution in [1.82, 2.24) is 15.5 Å². The Morgan fingerprint density at radius 1 is 1.18 bits per heavy atom. The number of hydrogen-bond donors (Lipinski definition) is 3. The molecule has 2 unspecified atom stereocenters. The number of benzene rings is 1. The van der Waals surface area contributed by atoms with Gasteiger partial charge in [0.25, 0.3) is 0 Å². The second-order valence-corrected chi connectivity index (χ2v) is 9.46. The Hall–Kier alpha value is -3.36. The molecule has 188 valence electrons. The number of rotatable bonds is 11. The first-order valence-electron chi connectivity index (χ1n) is 11.3. The van der Waals surface area contributed by atoms with Gasteiger partial charge in [-0.25, -0.2) is 4.79 Å². The van der Waals surface area contributed by atoms with Crippen LogP contribution in [0.25, 0.3) is 0 Å². The standard InChI is InChI=1S/C25H38N4O5/c1-8-14-29(21(22(31)27-16(2)3)18-11-9-10-17(4)15-18)23(32)19(12-13-20(26)30)28-24(33)34-25(5,6)7/h8-11,15-16,19,21H,1,12-14H2,2-7H3,(H2,26,30)(H,27,31)(H,28,33). The number of nitrogens with zero attached hydrogens (tertiary/aromatic N) is 1. The number of primary amides is 1. The van der Waals surface area contributed by atoms with Crippen molar-refractivity contribution >= 4 is 23.8 Å². The van der Waals surface area contributed by atoms with Crippen LogP contribution in [0.2, 0.25) is 0 Å². The lowest BCUT2D eigenvalue weighted by atomic mass is 9.99. The summed E-state index contributed by atoms with van der Waals surface area (Å²) in [6.45, 7) is 14.4. The molecular formula is C25H38N4O5. The maximum atomic E-state index is 13.7. The van der Waals surface area contributed by atoms with E-state index in [9.17, 15) is 19.2 Å². The van der Waals surface area contributed by atoms with E-state index in [-0.39, 0.29) is 31.3 Å². The largest absolute Gasteiger partial charge is 0.444 e. The van der Waals surface area contributed by atoms with Gasteiger partial charge in [-0.05, 0) is 53.5 Å². The Morgan fingerprint density at radius 2 is 1.82 bits per heavy atom. The van der Waals surface area contributed by atoms with Crippen LogP contribution in [-0.2, 0) is 19.1 Å². The van der Waals surface area contributed by atoms with Gasteiger partial charge < -0.3 is 26.0 Å². The first-order valence-corrected chi connectivity index (χ1v) is 11.3. The van der Waals surface area contributed by atoms with Crippen LogP contribution in [0, 0.1) is 6.92 Å². The van der Waals surface area contributed by atoms with Crippen molar-refractivity contribution in [2.75, 3.05) is 6.54 Å². The highest BCUT2D eigenvalue weighted by Crippen LogP contribution is 2.24. The highest BCUT2D eigenvalue weighted by molar-refractivity contribution is 5.92. The van der Waals surface area contributed by atoms with E-state index in [2.05, 4.69) is 17.2 Å². The van der Waals surface area contributed by atoms with Crippen LogP contribution < -0.4 is 16.4 Å². The fourth-order valence-corrected chi connectivity index (χ4v) is 3.33. The molecule has 4 N–H and O–H groups in total. The summed E-state index contributed by atoms with van der Waals surface area (Å²) in [5.41, 5.74) is 6.03. The van der Waals surface area contributed by atoms with Crippen LogP contribution in [0.15, 0.2) is 36.9 Å². The Kier molecular flexibility index (Phi) is 10.8. The molecule has 34 heavy (non-hydrogen) atoms. The molecule has 2 atom stereocenters. The normalized spacial score (nSPS) is 12.9. The van der Waals surface area contributed by atoms with Gasteiger partial charge in [0.1, 0.15) is 17.7 Å². The SMILES string of the molecule is C=CCN(C(=O)C(CCC(N)=O)NC(=O)OC(C)(C)C)C(C(=O)NC(C)C)c1cccc(C)c1. The average Bonchev–Trinajstić information content (AvgIpc) is 2.68. The molecule has 9 nitrogen and oxygen atoms in total. The Labute approximate surface area is 202 Å². The van der Waals surface area contributed by atoms with Crippen molar-refractivity contribution in [2.24, 2.45) is 5.73 Å². The van der Waals surface area contributed by atoms with E-state index in [1.165, 1.54) is 11.0 Å². The maximum absolute atomic E-state index is 13.7. The Morgan fingerprint density at radius 3 is 2.32 bits per heavy atom. The molecule has 0 spiro atoms. The first kappa shape index (κ1) is 28.7. The summed E-state index contributed by atoms with van der Waals surface area (Å²) >= 11 is 0. The van der Waals surface area contributed by atoms with Crippen LogP contribution in [0.4, 0.5) is 4.79 Å². The molecule has 4 amide bonds. The van der Waals surface area contributed by atoms with Gasteiger partial charge in [-0.15, -0.1) is 6.58 Å². The van der Waals surface area contributed by atoms with Crippen molar-refractivity contribution in [3.63, 3.8) is 0 Å². The van der Waals surface area contributed by atoms with Crippen molar-refractivity contribution in [1.29, 1.82) is 0 Å². The van der Waals surface area contributed by atoms with Crippen molar-refractivity contribution < 1.29 is 23.9 Å². The molecule has 0 fully saturated rings. The molecular weight excluding hydrogens is 436 g/mol. The molecule has 0 heterocycles. The molecule has 1 aromatic carbocycles. The molecule has 0 aliphatic carbocycles. The minimum Gasteiger partial charge on any atom is -0.444 e. The van der Waals surface area contributed by atoms with E-state index < -0.39 is 35.6 Å². The van der Waals surface area contributed by atoms with E-state index >= 15 is 0 Å². The zero-order valence-electron chi connectivity index (χ0n) is 21.0. The molecule has 0 aliphatic rings. The lowest BCUT2D eigenvalue weighted by Crippen LogP contribution is -2.53. The summed E-state index contributed by atoms with van der Waals surface area (Å²) in [6.07, 6.45) is 0.504. The number of nitrogens with two attached hydrogens (primary N) is 1. The van der Waals surface area contributed by atoms with Gasteiger partial charge in [0.15, 0.2) is 0 Å². The van der Waals surface area contributed by atoms with E-state index in [4.69, 9.17) is 10.5 Å². The number of aryl methyl sites for hydroxylation is 1. The van der Waals surface area contributed by atoms with E-state index in [1.807, 2.05) is 32.9 Å². The van der Waals surface area contributed by atoms with Gasteiger partial charge in [0.2, 0.25) is 17.7 Å². The van der Waals surface area contributed by atoms with E-state index in [0.717, 1.165) is 5.56 Å². The summed E-state index contributed by atoms with van der Waals surface area (Å²) in [6, 6.07) is 5.01. The molecule has 1 rings (SSSR count). The smallest absolute Gasteiger partial charge is 0.408 e. The van der Waals surface area contributed by atoms with E-state index in [1.54, 1.807) is 32.9 Å².